The average Bonchev–Trinajstić information content (AvgIpc) is 2.86. The van der Waals surface area contributed by atoms with Gasteiger partial charge in [-0.3, -0.25) is 4.90 Å². The summed E-state index contributed by atoms with van der Waals surface area (Å²) in [6, 6.07) is 13.2. The molecule has 1 aromatic heterocycles. The van der Waals surface area contributed by atoms with Gasteiger partial charge in [-0.05, 0) is 36.9 Å². The highest BCUT2D eigenvalue weighted by molar-refractivity contribution is 9.10. The zero-order valence-electron chi connectivity index (χ0n) is 13.3. The molecule has 0 N–H and O–H groups in total. The van der Waals surface area contributed by atoms with Crippen LogP contribution >= 0.6 is 15.9 Å². The number of benzene rings is 2. The van der Waals surface area contributed by atoms with Gasteiger partial charge in [0.2, 0.25) is 0 Å². The second kappa shape index (κ2) is 6.81. The summed E-state index contributed by atoms with van der Waals surface area (Å²) in [7, 11) is 2.03. The second-order valence-corrected chi connectivity index (χ2v) is 6.53. The first kappa shape index (κ1) is 16.1. The molecule has 0 unspecified atom stereocenters. The summed E-state index contributed by atoms with van der Waals surface area (Å²) in [5.74, 6) is 0.820. The maximum atomic E-state index is 14.0. The number of aryl methyl sites for hydroxylation is 1. The molecule has 0 saturated carbocycles. The minimum atomic E-state index is -0.170. The van der Waals surface area contributed by atoms with Crippen LogP contribution in [-0.2, 0) is 20.1 Å². The van der Waals surface area contributed by atoms with Crippen molar-refractivity contribution in [2.75, 3.05) is 6.54 Å². The van der Waals surface area contributed by atoms with Gasteiger partial charge in [-0.15, -0.1) is 0 Å². The van der Waals surface area contributed by atoms with Gasteiger partial charge in [-0.2, -0.15) is 0 Å². The fraction of sp³-hybridized carbons (Fsp3) is 0.278. The Bertz CT molecular complexity index is 828. The molecule has 1 heterocycles. The van der Waals surface area contributed by atoms with Crippen molar-refractivity contribution in [3.63, 3.8) is 0 Å². The number of imidazole rings is 1. The SMILES string of the molecule is CCN(Cc1cc(Br)ccc1F)Cc1nc2ccccc2n1C. The van der Waals surface area contributed by atoms with Crippen molar-refractivity contribution in [3.05, 3.63) is 64.1 Å². The Hall–Kier alpha value is -1.72. The Balaban J connectivity index is 1.83. The summed E-state index contributed by atoms with van der Waals surface area (Å²) in [5.41, 5.74) is 2.81. The molecule has 0 saturated heterocycles. The van der Waals surface area contributed by atoms with Crippen LogP contribution < -0.4 is 0 Å². The van der Waals surface area contributed by atoms with Crippen LogP contribution in [0.25, 0.3) is 11.0 Å². The minimum absolute atomic E-state index is 0.170. The van der Waals surface area contributed by atoms with E-state index in [4.69, 9.17) is 4.98 Å². The molecule has 23 heavy (non-hydrogen) atoms. The molecule has 3 rings (SSSR count). The van der Waals surface area contributed by atoms with Gasteiger partial charge in [0.15, 0.2) is 0 Å². The van der Waals surface area contributed by atoms with E-state index in [2.05, 4.69) is 38.4 Å². The standard InChI is InChI=1S/C18H19BrFN3/c1-3-23(11-13-10-14(19)8-9-15(13)20)12-18-21-16-6-4-5-7-17(16)22(18)2/h4-10H,3,11-12H2,1-2H3. The Labute approximate surface area is 143 Å². The summed E-state index contributed by atoms with van der Waals surface area (Å²) >= 11 is 3.41. The summed E-state index contributed by atoms with van der Waals surface area (Å²) in [6.07, 6.45) is 0. The normalized spacial score (nSPS) is 11.5. The van der Waals surface area contributed by atoms with E-state index in [-0.39, 0.29) is 5.82 Å². The van der Waals surface area contributed by atoms with Crippen molar-refractivity contribution in [2.24, 2.45) is 7.05 Å². The smallest absolute Gasteiger partial charge is 0.127 e. The predicted octanol–water partition coefficient (Wildman–Crippen LogP) is 4.50. The zero-order valence-corrected chi connectivity index (χ0v) is 14.8. The van der Waals surface area contributed by atoms with Crippen LogP contribution in [0.2, 0.25) is 0 Å². The van der Waals surface area contributed by atoms with Crippen molar-refractivity contribution in [3.8, 4) is 0 Å². The molecule has 0 aliphatic rings. The monoisotopic (exact) mass is 375 g/mol. The molecular formula is C18H19BrFN3. The zero-order chi connectivity index (χ0) is 16.4. The Morgan fingerprint density at radius 1 is 1.17 bits per heavy atom. The van der Waals surface area contributed by atoms with Crippen LogP contribution in [0.15, 0.2) is 46.9 Å². The van der Waals surface area contributed by atoms with Gasteiger partial charge in [0.05, 0.1) is 17.6 Å². The quantitative estimate of drug-likeness (QED) is 0.654. The fourth-order valence-corrected chi connectivity index (χ4v) is 3.13. The predicted molar refractivity (Wildman–Crippen MR) is 94.6 cm³/mol. The molecule has 3 aromatic rings. The van der Waals surface area contributed by atoms with E-state index in [0.29, 0.717) is 18.7 Å². The molecule has 0 fully saturated rings. The number of fused-ring (bicyclic) bond motifs is 1. The molecule has 0 spiro atoms. The van der Waals surface area contributed by atoms with E-state index in [1.165, 1.54) is 6.07 Å². The van der Waals surface area contributed by atoms with E-state index in [9.17, 15) is 4.39 Å². The summed E-state index contributed by atoms with van der Waals surface area (Å²) in [6.45, 7) is 4.16. The highest BCUT2D eigenvalue weighted by atomic mass is 79.9. The van der Waals surface area contributed by atoms with Gasteiger partial charge in [0.25, 0.3) is 0 Å². The van der Waals surface area contributed by atoms with Crippen LogP contribution in [0.3, 0.4) is 0 Å². The van der Waals surface area contributed by atoms with E-state index in [1.54, 1.807) is 6.07 Å². The Morgan fingerprint density at radius 3 is 2.70 bits per heavy atom. The highest BCUT2D eigenvalue weighted by Crippen LogP contribution is 2.19. The highest BCUT2D eigenvalue weighted by Gasteiger charge is 2.13. The van der Waals surface area contributed by atoms with Gasteiger partial charge in [0.1, 0.15) is 11.6 Å². The molecule has 3 nitrogen and oxygen atoms in total. The third-order valence-electron chi connectivity index (χ3n) is 4.09. The lowest BCUT2D eigenvalue weighted by molar-refractivity contribution is 0.258. The number of halogens is 2. The molecule has 0 atom stereocenters. The van der Waals surface area contributed by atoms with Crippen LogP contribution in [0.5, 0.6) is 0 Å². The number of nitrogens with zero attached hydrogens (tertiary/aromatic N) is 3. The van der Waals surface area contributed by atoms with Gasteiger partial charge in [-0.1, -0.05) is 35.0 Å². The van der Waals surface area contributed by atoms with Crippen LogP contribution in [-0.4, -0.2) is 21.0 Å². The van der Waals surface area contributed by atoms with Crippen molar-refractivity contribution in [1.29, 1.82) is 0 Å². The third-order valence-corrected chi connectivity index (χ3v) is 4.59. The van der Waals surface area contributed by atoms with Crippen LogP contribution in [0, 0.1) is 5.82 Å². The topological polar surface area (TPSA) is 21.1 Å². The fourth-order valence-electron chi connectivity index (χ4n) is 2.72. The van der Waals surface area contributed by atoms with Gasteiger partial charge >= 0.3 is 0 Å². The Morgan fingerprint density at radius 2 is 1.96 bits per heavy atom. The lowest BCUT2D eigenvalue weighted by atomic mass is 10.2. The molecule has 0 bridgehead atoms. The van der Waals surface area contributed by atoms with Crippen LogP contribution in [0.1, 0.15) is 18.3 Å². The van der Waals surface area contributed by atoms with Crippen molar-refractivity contribution in [2.45, 2.75) is 20.0 Å². The van der Waals surface area contributed by atoms with E-state index >= 15 is 0 Å². The van der Waals surface area contributed by atoms with Crippen molar-refractivity contribution < 1.29 is 4.39 Å². The minimum Gasteiger partial charge on any atom is -0.330 e. The van der Waals surface area contributed by atoms with Crippen LogP contribution in [0.4, 0.5) is 4.39 Å². The molecule has 0 aliphatic carbocycles. The molecular weight excluding hydrogens is 357 g/mol. The number of rotatable bonds is 5. The molecule has 0 radical (unpaired) electrons. The van der Waals surface area contributed by atoms with E-state index in [1.807, 2.05) is 31.3 Å². The van der Waals surface area contributed by atoms with E-state index in [0.717, 1.165) is 27.9 Å². The molecule has 120 valence electrons. The molecule has 0 aliphatic heterocycles. The number of aromatic nitrogens is 2. The van der Waals surface area contributed by atoms with Crippen molar-refractivity contribution in [1.82, 2.24) is 14.5 Å². The maximum absolute atomic E-state index is 14.0. The number of hydrogen-bond donors (Lipinski definition) is 0. The molecule has 0 amide bonds. The summed E-state index contributed by atoms with van der Waals surface area (Å²) in [4.78, 5) is 6.89. The number of hydrogen-bond acceptors (Lipinski definition) is 2. The van der Waals surface area contributed by atoms with Gasteiger partial charge < -0.3 is 4.57 Å². The third kappa shape index (κ3) is 3.46. The Kier molecular flexibility index (Phi) is 4.78. The van der Waals surface area contributed by atoms with Gasteiger partial charge in [0, 0.05) is 23.6 Å². The first-order chi connectivity index (χ1) is 11.1. The lowest BCUT2D eigenvalue weighted by Gasteiger charge is -2.20. The second-order valence-electron chi connectivity index (χ2n) is 5.61. The summed E-state index contributed by atoms with van der Waals surface area (Å²) < 4.78 is 17.0. The summed E-state index contributed by atoms with van der Waals surface area (Å²) in [5, 5.41) is 0. The first-order valence-corrected chi connectivity index (χ1v) is 8.44. The van der Waals surface area contributed by atoms with E-state index < -0.39 is 0 Å². The van der Waals surface area contributed by atoms with Gasteiger partial charge in [-0.25, -0.2) is 9.37 Å². The lowest BCUT2D eigenvalue weighted by Crippen LogP contribution is -2.24. The average molecular weight is 376 g/mol. The molecule has 5 heteroatoms. The largest absolute Gasteiger partial charge is 0.330 e. The maximum Gasteiger partial charge on any atom is 0.127 e. The molecule has 2 aromatic carbocycles. The first-order valence-electron chi connectivity index (χ1n) is 7.65. The van der Waals surface area contributed by atoms with Crippen molar-refractivity contribution >= 4 is 27.0 Å². The number of para-hydroxylation sites is 2.